The van der Waals surface area contributed by atoms with Crippen LogP contribution in [-0.4, -0.2) is 52.6 Å². The quantitative estimate of drug-likeness (QED) is 0.874. The third kappa shape index (κ3) is 4.22. The lowest BCUT2D eigenvalue weighted by molar-refractivity contribution is 0.0184. The molecule has 2 saturated heterocycles. The van der Waals surface area contributed by atoms with Gasteiger partial charge in [0.05, 0.1) is 11.7 Å². The number of piperidine rings is 2. The molecule has 0 atom stereocenters. The molecule has 0 spiro atoms. The highest BCUT2D eigenvalue weighted by atomic mass is 16.6. The minimum Gasteiger partial charge on any atom is -0.444 e. The van der Waals surface area contributed by atoms with E-state index in [-0.39, 0.29) is 6.09 Å². The second kappa shape index (κ2) is 7.59. The Labute approximate surface area is 157 Å². The van der Waals surface area contributed by atoms with Crippen molar-refractivity contribution in [2.24, 2.45) is 0 Å². The molecule has 6 nitrogen and oxygen atoms in total. The zero-order valence-corrected chi connectivity index (χ0v) is 17.0. The van der Waals surface area contributed by atoms with Crippen LogP contribution in [0, 0.1) is 13.8 Å². The van der Waals surface area contributed by atoms with Gasteiger partial charge in [-0.15, -0.1) is 0 Å². The molecule has 6 heteroatoms. The molecule has 26 heavy (non-hydrogen) atoms. The van der Waals surface area contributed by atoms with Crippen molar-refractivity contribution in [3.8, 4) is 0 Å². The van der Waals surface area contributed by atoms with Crippen LogP contribution < -0.4 is 5.32 Å². The van der Waals surface area contributed by atoms with Gasteiger partial charge in [0.25, 0.3) is 0 Å². The van der Waals surface area contributed by atoms with Gasteiger partial charge in [-0.2, -0.15) is 5.10 Å². The summed E-state index contributed by atoms with van der Waals surface area (Å²) in [6.07, 6.45) is 4.08. The standard InChI is InChI=1S/C20H34N4O2/c1-14-18(16-6-10-21-11-7-16)15(2)24(22-14)17-8-12-23(13-9-17)19(25)26-20(3,4)5/h16-17,21H,6-13H2,1-5H3. The molecule has 0 saturated carbocycles. The molecule has 0 bridgehead atoms. The Morgan fingerprint density at radius 2 is 1.73 bits per heavy atom. The van der Waals surface area contributed by atoms with Crippen LogP contribution in [0.5, 0.6) is 0 Å². The highest BCUT2D eigenvalue weighted by Crippen LogP contribution is 2.33. The maximum Gasteiger partial charge on any atom is 0.410 e. The summed E-state index contributed by atoms with van der Waals surface area (Å²) in [6.45, 7) is 13.8. The Hall–Kier alpha value is -1.56. The molecule has 1 aromatic heterocycles. The van der Waals surface area contributed by atoms with Crippen molar-refractivity contribution < 1.29 is 9.53 Å². The number of rotatable bonds is 2. The fraction of sp³-hybridized carbons (Fsp3) is 0.800. The van der Waals surface area contributed by atoms with Gasteiger partial charge in [-0.3, -0.25) is 4.68 Å². The molecule has 2 fully saturated rings. The third-order valence-corrected chi connectivity index (χ3v) is 5.59. The van der Waals surface area contributed by atoms with Crippen LogP contribution in [0.4, 0.5) is 4.79 Å². The molecular weight excluding hydrogens is 328 g/mol. The lowest BCUT2D eigenvalue weighted by Gasteiger charge is -2.34. The van der Waals surface area contributed by atoms with Crippen LogP contribution in [0.1, 0.15) is 75.4 Å². The second-order valence-electron chi connectivity index (χ2n) is 8.75. The predicted octanol–water partition coefficient (Wildman–Crippen LogP) is 3.54. The van der Waals surface area contributed by atoms with Gasteiger partial charge in [0.1, 0.15) is 5.60 Å². The lowest BCUT2D eigenvalue weighted by atomic mass is 9.89. The number of nitrogens with zero attached hydrogens (tertiary/aromatic N) is 3. The van der Waals surface area contributed by atoms with Gasteiger partial charge in [-0.1, -0.05) is 0 Å². The summed E-state index contributed by atoms with van der Waals surface area (Å²) >= 11 is 0. The molecule has 0 aromatic carbocycles. The van der Waals surface area contributed by atoms with E-state index in [0.717, 1.165) is 39.0 Å². The van der Waals surface area contributed by atoms with Crippen LogP contribution in [0.3, 0.4) is 0 Å². The molecule has 0 radical (unpaired) electrons. The smallest absolute Gasteiger partial charge is 0.410 e. The van der Waals surface area contributed by atoms with Crippen molar-refractivity contribution in [3.05, 3.63) is 17.0 Å². The fourth-order valence-corrected chi connectivity index (χ4v) is 4.35. The average molecular weight is 363 g/mol. The largest absolute Gasteiger partial charge is 0.444 e. The fourth-order valence-electron chi connectivity index (χ4n) is 4.35. The van der Waals surface area contributed by atoms with Crippen molar-refractivity contribution in [3.63, 3.8) is 0 Å². The molecule has 1 N–H and O–H groups in total. The molecule has 2 aliphatic heterocycles. The topological polar surface area (TPSA) is 59.4 Å². The zero-order chi connectivity index (χ0) is 18.9. The van der Waals surface area contributed by atoms with Gasteiger partial charge < -0.3 is 15.0 Å². The number of carbonyl (C=O) groups is 1. The van der Waals surface area contributed by atoms with Crippen LogP contribution >= 0.6 is 0 Å². The SMILES string of the molecule is Cc1nn(C2CCN(C(=O)OC(C)(C)C)CC2)c(C)c1C1CCNCC1. The van der Waals surface area contributed by atoms with E-state index < -0.39 is 5.60 Å². The number of amides is 1. The van der Waals surface area contributed by atoms with Crippen molar-refractivity contribution >= 4 is 6.09 Å². The first kappa shape index (κ1) is 19.2. The summed E-state index contributed by atoms with van der Waals surface area (Å²) in [6, 6.07) is 0.378. The maximum absolute atomic E-state index is 12.3. The van der Waals surface area contributed by atoms with E-state index in [1.54, 1.807) is 0 Å². The maximum atomic E-state index is 12.3. The number of aryl methyl sites for hydroxylation is 1. The molecule has 2 aliphatic rings. The number of hydrogen-bond acceptors (Lipinski definition) is 4. The summed E-state index contributed by atoms with van der Waals surface area (Å²) in [4.78, 5) is 14.1. The first-order valence-electron chi connectivity index (χ1n) is 10.0. The van der Waals surface area contributed by atoms with Gasteiger partial charge in [-0.25, -0.2) is 4.79 Å². The molecular formula is C20H34N4O2. The number of hydrogen-bond donors (Lipinski definition) is 1. The third-order valence-electron chi connectivity index (χ3n) is 5.59. The number of carbonyl (C=O) groups excluding carboxylic acids is 1. The van der Waals surface area contributed by atoms with Crippen LogP contribution in [-0.2, 0) is 4.74 Å². The summed E-state index contributed by atoms with van der Waals surface area (Å²) in [5.74, 6) is 0.631. The Morgan fingerprint density at radius 1 is 1.12 bits per heavy atom. The molecule has 0 unspecified atom stereocenters. The number of likely N-dealkylation sites (tertiary alicyclic amines) is 1. The first-order chi connectivity index (χ1) is 12.3. The number of nitrogens with one attached hydrogen (secondary N) is 1. The summed E-state index contributed by atoms with van der Waals surface area (Å²) in [7, 11) is 0. The van der Waals surface area contributed by atoms with Crippen LogP contribution in [0.2, 0.25) is 0 Å². The Morgan fingerprint density at radius 3 is 2.31 bits per heavy atom. The normalized spacial score (nSPS) is 20.4. The van der Waals surface area contributed by atoms with E-state index in [0.29, 0.717) is 12.0 Å². The first-order valence-corrected chi connectivity index (χ1v) is 10.0. The Balaban J connectivity index is 1.65. The van der Waals surface area contributed by atoms with E-state index in [1.807, 2.05) is 25.7 Å². The van der Waals surface area contributed by atoms with Gasteiger partial charge in [0, 0.05) is 18.8 Å². The van der Waals surface area contributed by atoms with E-state index in [1.165, 1.54) is 29.8 Å². The monoisotopic (exact) mass is 362 g/mol. The Kier molecular flexibility index (Phi) is 5.61. The highest BCUT2D eigenvalue weighted by molar-refractivity contribution is 5.68. The minimum atomic E-state index is -0.437. The molecule has 146 valence electrons. The van der Waals surface area contributed by atoms with Gasteiger partial charge >= 0.3 is 6.09 Å². The zero-order valence-electron chi connectivity index (χ0n) is 17.0. The molecule has 0 aliphatic carbocycles. The number of ether oxygens (including phenoxy) is 1. The molecule has 3 heterocycles. The second-order valence-corrected chi connectivity index (χ2v) is 8.75. The molecule has 3 rings (SSSR count). The summed E-state index contributed by atoms with van der Waals surface area (Å²) in [5, 5.41) is 8.35. The predicted molar refractivity (Wildman–Crippen MR) is 103 cm³/mol. The van der Waals surface area contributed by atoms with Crippen LogP contribution in [0.15, 0.2) is 0 Å². The molecule has 1 aromatic rings. The van der Waals surface area contributed by atoms with Gasteiger partial charge in [0.2, 0.25) is 0 Å². The van der Waals surface area contributed by atoms with Crippen molar-refractivity contribution in [2.45, 2.75) is 77.9 Å². The van der Waals surface area contributed by atoms with E-state index in [9.17, 15) is 4.79 Å². The molecule has 1 amide bonds. The highest BCUT2D eigenvalue weighted by Gasteiger charge is 2.30. The lowest BCUT2D eigenvalue weighted by Crippen LogP contribution is -2.42. The Bertz CT molecular complexity index is 633. The van der Waals surface area contributed by atoms with Gasteiger partial charge in [0.15, 0.2) is 0 Å². The summed E-state index contributed by atoms with van der Waals surface area (Å²) < 4.78 is 7.74. The van der Waals surface area contributed by atoms with Crippen LogP contribution in [0.25, 0.3) is 0 Å². The van der Waals surface area contributed by atoms with E-state index in [4.69, 9.17) is 9.84 Å². The summed E-state index contributed by atoms with van der Waals surface area (Å²) in [5.41, 5.74) is 3.53. The van der Waals surface area contributed by atoms with Crippen molar-refractivity contribution in [1.82, 2.24) is 20.0 Å². The number of aromatic nitrogens is 2. The van der Waals surface area contributed by atoms with Crippen molar-refractivity contribution in [1.29, 1.82) is 0 Å². The van der Waals surface area contributed by atoms with E-state index in [2.05, 4.69) is 23.8 Å². The van der Waals surface area contributed by atoms with Crippen molar-refractivity contribution in [2.75, 3.05) is 26.2 Å². The van der Waals surface area contributed by atoms with E-state index >= 15 is 0 Å². The minimum absolute atomic E-state index is 0.195. The average Bonchev–Trinajstić information content (AvgIpc) is 2.89. The van der Waals surface area contributed by atoms with Gasteiger partial charge in [-0.05, 0) is 84.9 Å².